The number of likely N-dealkylation sites (tertiary alicyclic amines) is 1. The number of pyridine rings is 1. The summed E-state index contributed by atoms with van der Waals surface area (Å²) in [6, 6.07) is 18.4. The molecular formula is C64H75FN12O8S. The van der Waals surface area contributed by atoms with Crippen LogP contribution in [-0.2, 0) is 20.7 Å². The smallest absolute Gasteiger partial charge is 0.409 e. The summed E-state index contributed by atoms with van der Waals surface area (Å²) >= 11 is 1.58. The van der Waals surface area contributed by atoms with Crippen LogP contribution in [0.5, 0.6) is 11.8 Å². The zero-order chi connectivity index (χ0) is 59.5. The van der Waals surface area contributed by atoms with Gasteiger partial charge in [-0.3, -0.25) is 19.5 Å². The number of aromatic nitrogens is 5. The summed E-state index contributed by atoms with van der Waals surface area (Å²) in [4.78, 5) is 72.0. The number of fused-ring (bicyclic) bond motifs is 5. The lowest BCUT2D eigenvalue weighted by molar-refractivity contribution is -0.141. The molecule has 3 aromatic carbocycles. The minimum atomic E-state index is -0.865. The Bertz CT molecular complexity index is 3680. The Labute approximate surface area is 503 Å². The first-order chi connectivity index (χ1) is 41.6. The second-order valence-corrected chi connectivity index (χ2v) is 25.7. The van der Waals surface area contributed by atoms with Gasteiger partial charge in [-0.15, -0.1) is 11.3 Å². The highest BCUT2D eigenvalue weighted by molar-refractivity contribution is 7.13. The molecule has 8 atom stereocenters. The van der Waals surface area contributed by atoms with Crippen LogP contribution in [0.4, 0.5) is 20.8 Å². The minimum Gasteiger partial charge on any atom is -0.508 e. The largest absolute Gasteiger partial charge is 0.508 e. The highest BCUT2D eigenvalue weighted by Gasteiger charge is 2.51. The van der Waals surface area contributed by atoms with Gasteiger partial charge in [0.1, 0.15) is 48.0 Å². The van der Waals surface area contributed by atoms with Crippen molar-refractivity contribution in [3.63, 3.8) is 0 Å². The zero-order valence-corrected chi connectivity index (χ0v) is 50.2. The van der Waals surface area contributed by atoms with Crippen LogP contribution in [-0.4, -0.2) is 169 Å². The van der Waals surface area contributed by atoms with Gasteiger partial charge in [-0.2, -0.15) is 9.97 Å². The van der Waals surface area contributed by atoms with Gasteiger partial charge in [0.2, 0.25) is 11.8 Å². The summed E-state index contributed by atoms with van der Waals surface area (Å²) in [6.07, 6.45) is 6.84. The van der Waals surface area contributed by atoms with Crippen LogP contribution in [0.15, 0.2) is 76.9 Å². The maximum absolute atomic E-state index is 17.4. The van der Waals surface area contributed by atoms with Gasteiger partial charge >= 0.3 is 12.1 Å². The molecule has 452 valence electrons. The Morgan fingerprint density at radius 1 is 0.942 bits per heavy atom. The number of phenols is 1. The second-order valence-electron chi connectivity index (χ2n) is 24.8. The quantitative estimate of drug-likeness (QED) is 0.0711. The molecule has 0 aliphatic carbocycles. The topological polar surface area (TPSA) is 228 Å². The summed E-state index contributed by atoms with van der Waals surface area (Å²) < 4.78 is 36.0. The molecule has 22 heteroatoms. The molecule has 13 rings (SSSR count). The number of rotatable bonds is 16. The predicted molar refractivity (Wildman–Crippen MR) is 325 cm³/mol. The van der Waals surface area contributed by atoms with Crippen LogP contribution in [0, 0.1) is 18.7 Å². The lowest BCUT2D eigenvalue weighted by Gasteiger charge is -2.36. The number of aromatic hydroxyl groups is 1. The lowest BCUT2D eigenvalue weighted by atomic mass is 9.91. The number of aliphatic hydroxyl groups excluding tert-OH is 1. The Kier molecular flexibility index (Phi) is 15.8. The maximum atomic E-state index is 17.4. The summed E-state index contributed by atoms with van der Waals surface area (Å²) in [5, 5.41) is 35.0. The number of nitrogens with zero attached hydrogens (tertiary/aromatic N) is 10. The highest BCUT2D eigenvalue weighted by atomic mass is 32.1. The fraction of sp³-hybridized carbons (Fsp3) is 0.500. The van der Waals surface area contributed by atoms with Gasteiger partial charge in [0, 0.05) is 88.2 Å². The molecule has 7 aromatic rings. The third-order valence-corrected chi connectivity index (χ3v) is 20.0. The van der Waals surface area contributed by atoms with Gasteiger partial charge in [-0.1, -0.05) is 68.4 Å². The first-order valence-corrected chi connectivity index (χ1v) is 31.4. The van der Waals surface area contributed by atoms with Gasteiger partial charge in [0.25, 0.3) is 0 Å². The van der Waals surface area contributed by atoms with Crippen LogP contribution >= 0.6 is 11.3 Å². The highest BCUT2D eigenvalue weighted by Crippen LogP contribution is 2.44. The number of carbonyl (C=O) groups excluding carboxylic acids is 3. The molecule has 6 aliphatic rings. The molecule has 10 heterocycles. The van der Waals surface area contributed by atoms with E-state index in [0.29, 0.717) is 86.1 Å². The fourth-order valence-corrected chi connectivity index (χ4v) is 15.3. The number of aliphatic hydroxyl groups is 1. The number of thiazole rings is 1. The molecule has 4 N–H and O–H groups in total. The van der Waals surface area contributed by atoms with Crippen LogP contribution in [0.25, 0.3) is 43.4 Å². The summed E-state index contributed by atoms with van der Waals surface area (Å²) in [7, 11) is 0. The van der Waals surface area contributed by atoms with Crippen molar-refractivity contribution in [1.82, 2.24) is 50.4 Å². The van der Waals surface area contributed by atoms with E-state index in [1.807, 2.05) is 80.6 Å². The first kappa shape index (κ1) is 57.5. The third kappa shape index (κ3) is 10.9. The van der Waals surface area contributed by atoms with E-state index in [2.05, 4.69) is 37.5 Å². The standard InChI is InChI=1S/C64H75FN12O8S/c1-6-39-9-7-10-42-25-46(78)26-48(54(39)42)56-55(65)57-49(29-66-56)59(75-30-43-15-16-44(31-75)69-43)71-62(70-57)84-34-64-18-8-20-77(64)45(17-19-64)33-83-63(82)74-23-21-73(22-24-74)52-28-51(85-72-52)53(36(2)3)61(81)76-32-47(79)27-50(76)60(80)68-37(4)40-11-13-41(14-12-40)58-38(5)67-35-86-58/h7,9-14,25-26,28-29,35-37,43-45,47,50,53,69,78-79H,6,8,15-24,27,30-34H2,1-5H3,(H,68,80)/t37-,43?,44?,45-,47+,50-,53-,64+/m0/s1. The molecule has 0 saturated carbocycles. The number of carbonyl (C=O) groups is 3. The molecule has 3 amide bonds. The Morgan fingerprint density at radius 2 is 1.73 bits per heavy atom. The second kappa shape index (κ2) is 23.6. The number of hydrogen-bond acceptors (Lipinski definition) is 18. The summed E-state index contributed by atoms with van der Waals surface area (Å²) in [5.74, 6) is -0.688. The molecule has 0 spiro atoms. The van der Waals surface area contributed by atoms with Crippen LogP contribution in [0.1, 0.15) is 107 Å². The van der Waals surface area contributed by atoms with E-state index in [-0.39, 0.29) is 90.6 Å². The van der Waals surface area contributed by atoms with Gasteiger partial charge < -0.3 is 54.4 Å². The molecule has 6 saturated heterocycles. The predicted octanol–water partition coefficient (Wildman–Crippen LogP) is 8.53. The van der Waals surface area contributed by atoms with Crippen molar-refractivity contribution in [3.8, 4) is 33.5 Å². The Balaban J connectivity index is 0.634. The number of aryl methyl sites for hydroxylation is 2. The van der Waals surface area contributed by atoms with Gasteiger partial charge in [-0.05, 0) is 111 Å². The number of phenolic OH excluding ortho intramolecular Hbond substituents is 1. The average molecular weight is 1190 g/mol. The van der Waals surface area contributed by atoms with Crippen molar-refractivity contribution >= 4 is 62.6 Å². The van der Waals surface area contributed by atoms with Crippen molar-refractivity contribution < 1.29 is 43.0 Å². The third-order valence-electron chi connectivity index (χ3n) is 19.0. The van der Waals surface area contributed by atoms with E-state index in [4.69, 9.17) is 28.9 Å². The van der Waals surface area contributed by atoms with Crippen molar-refractivity contribution in [1.29, 1.82) is 0 Å². The van der Waals surface area contributed by atoms with Gasteiger partial charge in [0.05, 0.1) is 39.2 Å². The van der Waals surface area contributed by atoms with E-state index in [1.165, 1.54) is 4.90 Å². The van der Waals surface area contributed by atoms with Crippen molar-refractivity contribution in [2.75, 3.05) is 75.4 Å². The van der Waals surface area contributed by atoms with Crippen molar-refractivity contribution in [2.24, 2.45) is 5.92 Å². The fourth-order valence-electron chi connectivity index (χ4n) is 14.5. The normalized spacial score (nSPS) is 23.8. The molecule has 2 unspecified atom stereocenters. The van der Waals surface area contributed by atoms with E-state index in [1.54, 1.807) is 40.6 Å². The monoisotopic (exact) mass is 1190 g/mol. The molecule has 2 bridgehead atoms. The van der Waals surface area contributed by atoms with Gasteiger partial charge in [-0.25, -0.2) is 14.2 Å². The SMILES string of the molecule is CCc1cccc2cc(O)cc(-c3ncc4c(N5CC6CCC(C5)N6)nc(OC[C@]56CCCN5[C@H](COC(=O)N5CCN(c7cc([C@@H](C(=O)N8C[C@H](O)C[C@H]8C(=O)N[C@@H](C)c8ccc(-c9scnc9C)cc8)C(C)C)on7)CC5)CC6)nc4c3F)c12. The molecule has 0 radical (unpaired) electrons. The molecule has 4 aromatic heterocycles. The number of nitrogens with one attached hydrogen (secondary N) is 2. The molecule has 6 aliphatic heterocycles. The number of amides is 3. The minimum absolute atomic E-state index is 0.0169. The number of halogens is 1. The van der Waals surface area contributed by atoms with Crippen LogP contribution < -0.4 is 25.2 Å². The number of hydrogen-bond donors (Lipinski definition) is 4. The number of β-amino-alcohol motifs (C(OH)–C–C–N with tert-alkyl or cyclic N) is 1. The van der Waals surface area contributed by atoms with E-state index in [0.717, 1.165) is 83.1 Å². The van der Waals surface area contributed by atoms with E-state index < -0.39 is 23.9 Å². The number of ether oxygens (including phenoxy) is 2. The molecule has 6 fully saturated rings. The van der Waals surface area contributed by atoms with Crippen molar-refractivity contribution in [2.45, 2.75) is 134 Å². The summed E-state index contributed by atoms with van der Waals surface area (Å²) in [5.41, 5.74) is 6.16. The average Bonchev–Trinajstić information content (AvgIpc) is 1.63. The van der Waals surface area contributed by atoms with Crippen LogP contribution in [0.3, 0.4) is 0 Å². The van der Waals surface area contributed by atoms with Crippen LogP contribution in [0.2, 0.25) is 0 Å². The number of benzene rings is 3. The number of piperazine rings is 2. The van der Waals surface area contributed by atoms with Gasteiger partial charge in [0.15, 0.2) is 17.4 Å². The lowest BCUT2D eigenvalue weighted by Crippen LogP contribution is -2.51. The van der Waals surface area contributed by atoms with E-state index in [9.17, 15) is 24.6 Å². The first-order valence-electron chi connectivity index (χ1n) is 30.6. The molecule has 86 heavy (non-hydrogen) atoms. The van der Waals surface area contributed by atoms with Crippen molar-refractivity contribution in [3.05, 3.63) is 101 Å². The molecular weight excluding hydrogens is 1120 g/mol. The Hall–Kier alpha value is -7.53. The summed E-state index contributed by atoms with van der Waals surface area (Å²) in [6.45, 7) is 14.3. The zero-order valence-electron chi connectivity index (χ0n) is 49.4. The maximum Gasteiger partial charge on any atom is 0.409 e. The van der Waals surface area contributed by atoms with E-state index >= 15 is 4.39 Å². The molecule has 20 nitrogen and oxygen atoms in total. The Morgan fingerprint density at radius 3 is 2.48 bits per heavy atom. The number of anilines is 2.